The summed E-state index contributed by atoms with van der Waals surface area (Å²) in [5.74, 6) is -0.266. The lowest BCUT2D eigenvalue weighted by Crippen LogP contribution is -1.86. The van der Waals surface area contributed by atoms with Gasteiger partial charge in [0.15, 0.2) is 0 Å². The summed E-state index contributed by atoms with van der Waals surface area (Å²) in [6.07, 6.45) is 6.95. The maximum absolute atomic E-state index is 13.3. The normalized spacial score (nSPS) is 10.7. The van der Waals surface area contributed by atoms with Gasteiger partial charge in [0, 0.05) is 41.5 Å². The molecule has 0 aliphatic heterocycles. The Bertz CT molecular complexity index is 948. The second kappa shape index (κ2) is 6.04. The molecule has 1 N–H and O–H groups in total. The zero-order valence-electron chi connectivity index (χ0n) is 12.6. The van der Waals surface area contributed by atoms with Crippen LogP contribution in [0, 0.1) is 5.82 Å². The van der Waals surface area contributed by atoms with Gasteiger partial charge in [-0.1, -0.05) is 0 Å². The summed E-state index contributed by atoms with van der Waals surface area (Å²) in [4.78, 5) is 8.14. The SMILES string of the molecule is Fc1ccc(-c2[nH]nc(-c3ccncc3)c2-c2ccncc2)cc1. The van der Waals surface area contributed by atoms with Gasteiger partial charge >= 0.3 is 0 Å². The summed E-state index contributed by atoms with van der Waals surface area (Å²) in [5.41, 5.74) is 5.44. The molecule has 0 fully saturated rings. The van der Waals surface area contributed by atoms with Crippen LogP contribution in [0.1, 0.15) is 0 Å². The monoisotopic (exact) mass is 316 g/mol. The molecule has 0 spiro atoms. The highest BCUT2D eigenvalue weighted by Gasteiger charge is 2.18. The van der Waals surface area contributed by atoms with Gasteiger partial charge in [-0.05, 0) is 54.1 Å². The number of hydrogen-bond acceptors (Lipinski definition) is 3. The van der Waals surface area contributed by atoms with Crippen molar-refractivity contribution < 1.29 is 4.39 Å². The summed E-state index contributed by atoms with van der Waals surface area (Å²) < 4.78 is 13.3. The van der Waals surface area contributed by atoms with Crippen molar-refractivity contribution in [3.05, 3.63) is 79.1 Å². The molecule has 1 aromatic carbocycles. The van der Waals surface area contributed by atoms with Crippen LogP contribution < -0.4 is 0 Å². The highest BCUT2D eigenvalue weighted by Crippen LogP contribution is 2.37. The molecule has 0 amide bonds. The number of aromatic amines is 1. The van der Waals surface area contributed by atoms with E-state index in [4.69, 9.17) is 0 Å². The molecule has 0 aliphatic carbocycles. The number of benzene rings is 1. The molecule has 4 rings (SSSR count). The number of rotatable bonds is 3. The van der Waals surface area contributed by atoms with Crippen LogP contribution in [0.5, 0.6) is 0 Å². The Hall–Kier alpha value is -3.34. The summed E-state index contributed by atoms with van der Waals surface area (Å²) in [6.45, 7) is 0. The third-order valence-corrected chi connectivity index (χ3v) is 3.82. The van der Waals surface area contributed by atoms with Gasteiger partial charge in [0.25, 0.3) is 0 Å². The second-order valence-corrected chi connectivity index (χ2v) is 5.30. The van der Waals surface area contributed by atoms with Crippen LogP contribution >= 0.6 is 0 Å². The van der Waals surface area contributed by atoms with Crippen molar-refractivity contribution in [3.8, 4) is 33.6 Å². The van der Waals surface area contributed by atoms with E-state index >= 15 is 0 Å². The highest BCUT2D eigenvalue weighted by molar-refractivity contribution is 5.91. The van der Waals surface area contributed by atoms with Crippen molar-refractivity contribution in [1.29, 1.82) is 0 Å². The maximum atomic E-state index is 13.3. The summed E-state index contributed by atoms with van der Waals surface area (Å²) in [6, 6.07) is 14.1. The van der Waals surface area contributed by atoms with E-state index in [1.54, 1.807) is 36.9 Å². The molecule has 0 saturated carbocycles. The number of nitrogens with one attached hydrogen (secondary N) is 1. The fraction of sp³-hybridized carbons (Fsp3) is 0. The van der Waals surface area contributed by atoms with Gasteiger partial charge in [-0.15, -0.1) is 0 Å². The Morgan fingerprint density at radius 2 is 1.25 bits per heavy atom. The van der Waals surface area contributed by atoms with Gasteiger partial charge in [-0.2, -0.15) is 5.10 Å². The predicted molar refractivity (Wildman–Crippen MR) is 90.4 cm³/mol. The molecule has 0 radical (unpaired) electrons. The number of halogens is 1. The fourth-order valence-corrected chi connectivity index (χ4v) is 2.69. The Morgan fingerprint density at radius 1 is 0.667 bits per heavy atom. The first-order valence-corrected chi connectivity index (χ1v) is 7.48. The van der Waals surface area contributed by atoms with E-state index in [0.29, 0.717) is 0 Å². The van der Waals surface area contributed by atoms with Crippen molar-refractivity contribution in [2.24, 2.45) is 0 Å². The smallest absolute Gasteiger partial charge is 0.123 e. The van der Waals surface area contributed by atoms with E-state index in [2.05, 4.69) is 20.2 Å². The van der Waals surface area contributed by atoms with Gasteiger partial charge < -0.3 is 0 Å². The molecule has 0 unspecified atom stereocenters. The lowest BCUT2D eigenvalue weighted by atomic mass is 9.97. The number of nitrogens with zero attached hydrogens (tertiary/aromatic N) is 3. The predicted octanol–water partition coefficient (Wildman–Crippen LogP) is 4.34. The topological polar surface area (TPSA) is 54.5 Å². The molecule has 0 atom stereocenters. The highest BCUT2D eigenvalue weighted by atomic mass is 19.1. The van der Waals surface area contributed by atoms with Crippen LogP contribution in [-0.4, -0.2) is 20.2 Å². The first kappa shape index (κ1) is 14.3. The quantitative estimate of drug-likeness (QED) is 0.611. The molecule has 0 saturated heterocycles. The number of pyridine rings is 2. The lowest BCUT2D eigenvalue weighted by molar-refractivity contribution is 0.628. The van der Waals surface area contributed by atoms with Crippen molar-refractivity contribution in [3.63, 3.8) is 0 Å². The Labute approximate surface area is 138 Å². The molecule has 0 bridgehead atoms. The van der Waals surface area contributed by atoms with Crippen LogP contribution in [0.3, 0.4) is 0 Å². The van der Waals surface area contributed by atoms with Crippen LogP contribution in [0.4, 0.5) is 4.39 Å². The number of H-pyrrole nitrogens is 1. The maximum Gasteiger partial charge on any atom is 0.123 e. The van der Waals surface area contributed by atoms with Gasteiger partial charge in [0.1, 0.15) is 11.5 Å². The van der Waals surface area contributed by atoms with Crippen molar-refractivity contribution in [1.82, 2.24) is 20.2 Å². The largest absolute Gasteiger partial charge is 0.277 e. The number of hydrogen-bond donors (Lipinski definition) is 1. The molecule has 24 heavy (non-hydrogen) atoms. The molecular weight excluding hydrogens is 303 g/mol. The van der Waals surface area contributed by atoms with Crippen molar-refractivity contribution >= 4 is 0 Å². The molecule has 3 heterocycles. The van der Waals surface area contributed by atoms with E-state index in [0.717, 1.165) is 33.6 Å². The minimum atomic E-state index is -0.266. The zero-order valence-corrected chi connectivity index (χ0v) is 12.6. The van der Waals surface area contributed by atoms with E-state index in [1.807, 2.05) is 24.3 Å². The Kier molecular flexibility index (Phi) is 3.59. The van der Waals surface area contributed by atoms with Gasteiger partial charge in [0.05, 0.1) is 5.69 Å². The first-order valence-electron chi connectivity index (χ1n) is 7.48. The molecule has 4 aromatic rings. The van der Waals surface area contributed by atoms with Crippen molar-refractivity contribution in [2.45, 2.75) is 0 Å². The van der Waals surface area contributed by atoms with Crippen LogP contribution in [0.2, 0.25) is 0 Å². The molecule has 116 valence electrons. The average molecular weight is 316 g/mol. The van der Waals surface area contributed by atoms with Gasteiger partial charge in [-0.3, -0.25) is 15.1 Å². The summed E-state index contributed by atoms with van der Waals surface area (Å²) in [7, 11) is 0. The van der Waals surface area contributed by atoms with Crippen LogP contribution in [-0.2, 0) is 0 Å². The third kappa shape index (κ3) is 2.56. The molecular formula is C19H13FN4. The zero-order chi connectivity index (χ0) is 16.4. The average Bonchev–Trinajstić information content (AvgIpc) is 3.09. The first-order chi connectivity index (χ1) is 11.8. The molecule has 3 aromatic heterocycles. The van der Waals surface area contributed by atoms with E-state index in [9.17, 15) is 4.39 Å². The van der Waals surface area contributed by atoms with Crippen LogP contribution in [0.15, 0.2) is 73.3 Å². The minimum Gasteiger partial charge on any atom is -0.277 e. The lowest BCUT2D eigenvalue weighted by Gasteiger charge is -2.07. The van der Waals surface area contributed by atoms with E-state index < -0.39 is 0 Å². The van der Waals surface area contributed by atoms with Gasteiger partial charge in [-0.25, -0.2) is 4.39 Å². The second-order valence-electron chi connectivity index (χ2n) is 5.30. The standard InChI is InChI=1S/C19H13FN4/c20-16-3-1-14(2-4-16)18-17(13-5-9-21-10-6-13)19(24-23-18)15-7-11-22-12-8-15/h1-12H,(H,23,24). The van der Waals surface area contributed by atoms with Crippen LogP contribution in [0.25, 0.3) is 33.6 Å². The molecule has 5 heteroatoms. The Balaban J connectivity index is 1.95. The summed E-state index contributed by atoms with van der Waals surface area (Å²) >= 11 is 0. The fourth-order valence-electron chi connectivity index (χ4n) is 2.69. The van der Waals surface area contributed by atoms with Crippen molar-refractivity contribution in [2.75, 3.05) is 0 Å². The van der Waals surface area contributed by atoms with E-state index in [1.165, 1.54) is 12.1 Å². The summed E-state index contributed by atoms with van der Waals surface area (Å²) in [5, 5.41) is 7.59. The minimum absolute atomic E-state index is 0.266. The molecule has 0 aliphatic rings. The molecule has 4 nitrogen and oxygen atoms in total. The number of aromatic nitrogens is 4. The Morgan fingerprint density at radius 3 is 1.88 bits per heavy atom. The third-order valence-electron chi connectivity index (χ3n) is 3.82. The van der Waals surface area contributed by atoms with E-state index in [-0.39, 0.29) is 5.82 Å². The van der Waals surface area contributed by atoms with Gasteiger partial charge in [0.2, 0.25) is 0 Å².